The second-order valence-electron chi connectivity index (χ2n) is 3.62. The molecule has 0 bridgehead atoms. The summed E-state index contributed by atoms with van der Waals surface area (Å²) in [5.41, 5.74) is 0.828. The Labute approximate surface area is 115 Å². The highest BCUT2D eigenvalue weighted by molar-refractivity contribution is 6.29. The Balaban J connectivity index is 2.37. The van der Waals surface area contributed by atoms with Gasteiger partial charge < -0.3 is 14.6 Å². The van der Waals surface area contributed by atoms with Crippen molar-refractivity contribution < 1.29 is 14.6 Å². The van der Waals surface area contributed by atoms with Gasteiger partial charge in [0.25, 0.3) is 0 Å². The van der Waals surface area contributed by atoms with Crippen LogP contribution in [0.3, 0.4) is 0 Å². The molecule has 0 radical (unpaired) electrons. The number of ether oxygens (including phenoxy) is 2. The minimum atomic E-state index is -1.00. The number of pyridine rings is 1. The highest BCUT2D eigenvalue weighted by atomic mass is 35.5. The van der Waals surface area contributed by atoms with Gasteiger partial charge in [0.1, 0.15) is 17.0 Å². The number of rotatable bonds is 4. The summed E-state index contributed by atoms with van der Waals surface area (Å²) in [7, 11) is 2.92. The predicted octanol–water partition coefficient (Wildman–Crippen LogP) is 1.62. The quantitative estimate of drug-likeness (QED) is 0.858. The molecule has 0 aliphatic carbocycles. The third-order valence-corrected chi connectivity index (χ3v) is 2.70. The normalized spacial score (nSPS) is 12.0. The van der Waals surface area contributed by atoms with Crippen molar-refractivity contribution in [2.24, 2.45) is 0 Å². The van der Waals surface area contributed by atoms with Crippen molar-refractivity contribution in [2.75, 3.05) is 14.2 Å². The van der Waals surface area contributed by atoms with E-state index < -0.39 is 6.10 Å². The molecule has 2 heterocycles. The Morgan fingerprint density at radius 1 is 1.16 bits per heavy atom. The number of aliphatic hydroxyl groups excluding tert-OH is 1. The predicted molar refractivity (Wildman–Crippen MR) is 68.4 cm³/mol. The van der Waals surface area contributed by atoms with Crippen molar-refractivity contribution in [3.05, 3.63) is 40.9 Å². The standard InChI is InChI=1S/C12H12ClN3O3/c1-18-9-6-15-10(12(16-9)19-2)11(17)7-3-4-8(13)14-5-7/h3-6,11,17H,1-2H3. The van der Waals surface area contributed by atoms with Gasteiger partial charge in [-0.1, -0.05) is 17.7 Å². The summed E-state index contributed by atoms with van der Waals surface area (Å²) < 4.78 is 10.0. The lowest BCUT2D eigenvalue weighted by atomic mass is 10.1. The van der Waals surface area contributed by atoms with Gasteiger partial charge in [-0.3, -0.25) is 0 Å². The highest BCUT2D eigenvalue weighted by Gasteiger charge is 2.19. The molecule has 0 fully saturated rings. The van der Waals surface area contributed by atoms with Crippen LogP contribution in [0.4, 0.5) is 0 Å². The lowest BCUT2D eigenvalue weighted by Crippen LogP contribution is -2.07. The monoisotopic (exact) mass is 281 g/mol. The molecule has 0 saturated carbocycles. The van der Waals surface area contributed by atoms with Crippen molar-refractivity contribution in [3.63, 3.8) is 0 Å². The Morgan fingerprint density at radius 3 is 2.53 bits per heavy atom. The van der Waals surface area contributed by atoms with Crippen molar-refractivity contribution in [1.82, 2.24) is 15.0 Å². The minimum absolute atomic E-state index is 0.196. The van der Waals surface area contributed by atoms with Gasteiger partial charge in [0.05, 0.1) is 20.4 Å². The van der Waals surface area contributed by atoms with Crippen LogP contribution in [0.25, 0.3) is 0 Å². The number of nitrogens with zero attached hydrogens (tertiary/aromatic N) is 3. The number of hydrogen-bond donors (Lipinski definition) is 1. The molecule has 2 rings (SSSR count). The third kappa shape index (κ3) is 2.91. The van der Waals surface area contributed by atoms with E-state index in [0.29, 0.717) is 16.6 Å². The van der Waals surface area contributed by atoms with Crippen LogP contribution in [0.1, 0.15) is 17.4 Å². The van der Waals surface area contributed by atoms with E-state index in [9.17, 15) is 5.11 Å². The van der Waals surface area contributed by atoms with Crippen LogP contribution in [-0.2, 0) is 0 Å². The first-order valence-corrected chi connectivity index (χ1v) is 5.78. The van der Waals surface area contributed by atoms with Crippen molar-refractivity contribution >= 4 is 11.6 Å². The molecule has 0 saturated heterocycles. The van der Waals surface area contributed by atoms with Crippen LogP contribution in [-0.4, -0.2) is 34.3 Å². The van der Waals surface area contributed by atoms with Gasteiger partial charge in [-0.15, -0.1) is 0 Å². The number of halogens is 1. The zero-order chi connectivity index (χ0) is 13.8. The SMILES string of the molecule is COc1cnc(C(O)c2ccc(Cl)nc2)c(OC)n1. The molecular weight excluding hydrogens is 270 g/mol. The smallest absolute Gasteiger partial charge is 0.241 e. The summed E-state index contributed by atoms with van der Waals surface area (Å²) in [6.45, 7) is 0. The van der Waals surface area contributed by atoms with Crippen molar-refractivity contribution in [1.29, 1.82) is 0 Å². The van der Waals surface area contributed by atoms with E-state index in [1.165, 1.54) is 26.6 Å². The van der Waals surface area contributed by atoms with E-state index in [-0.39, 0.29) is 11.6 Å². The lowest BCUT2D eigenvalue weighted by Gasteiger charge is -2.13. The van der Waals surface area contributed by atoms with E-state index in [2.05, 4.69) is 15.0 Å². The van der Waals surface area contributed by atoms with Gasteiger partial charge in [0, 0.05) is 11.8 Å². The van der Waals surface area contributed by atoms with Gasteiger partial charge >= 0.3 is 0 Å². The summed E-state index contributed by atoms with van der Waals surface area (Å²) in [4.78, 5) is 12.1. The molecule has 1 atom stereocenters. The Hall–Kier alpha value is -1.92. The molecule has 19 heavy (non-hydrogen) atoms. The Kier molecular flexibility index (Phi) is 4.13. The molecule has 0 aliphatic rings. The maximum Gasteiger partial charge on any atom is 0.241 e. The average molecular weight is 282 g/mol. The molecule has 0 amide bonds. The molecule has 2 aromatic heterocycles. The van der Waals surface area contributed by atoms with Gasteiger partial charge in [-0.2, -0.15) is 4.98 Å². The fourth-order valence-electron chi connectivity index (χ4n) is 1.51. The molecule has 6 nitrogen and oxygen atoms in total. The fourth-order valence-corrected chi connectivity index (χ4v) is 1.62. The number of aromatic nitrogens is 3. The first kappa shape index (κ1) is 13.5. The van der Waals surface area contributed by atoms with Crippen LogP contribution in [0.5, 0.6) is 11.8 Å². The third-order valence-electron chi connectivity index (χ3n) is 2.47. The van der Waals surface area contributed by atoms with Crippen molar-refractivity contribution in [2.45, 2.75) is 6.10 Å². The molecule has 1 N–H and O–H groups in total. The molecule has 1 unspecified atom stereocenters. The minimum Gasteiger partial charge on any atom is -0.480 e. The first-order chi connectivity index (χ1) is 9.15. The molecule has 100 valence electrons. The van der Waals surface area contributed by atoms with Crippen molar-refractivity contribution in [3.8, 4) is 11.8 Å². The van der Waals surface area contributed by atoms with Crippen LogP contribution >= 0.6 is 11.6 Å². The van der Waals surface area contributed by atoms with Gasteiger partial charge in [0.2, 0.25) is 11.8 Å². The molecule has 7 heteroatoms. The summed E-state index contributed by atoms with van der Waals surface area (Å²) in [5.74, 6) is 0.504. The van der Waals surface area contributed by atoms with E-state index in [1.54, 1.807) is 12.1 Å². The largest absolute Gasteiger partial charge is 0.480 e. The lowest BCUT2D eigenvalue weighted by molar-refractivity contribution is 0.206. The van der Waals surface area contributed by atoms with E-state index in [4.69, 9.17) is 21.1 Å². The molecule has 2 aromatic rings. The number of hydrogen-bond acceptors (Lipinski definition) is 6. The van der Waals surface area contributed by atoms with Crippen LogP contribution < -0.4 is 9.47 Å². The van der Waals surface area contributed by atoms with E-state index >= 15 is 0 Å². The second-order valence-corrected chi connectivity index (χ2v) is 4.01. The summed E-state index contributed by atoms with van der Waals surface area (Å²) in [5, 5.41) is 10.6. The van der Waals surface area contributed by atoms with Gasteiger partial charge in [-0.05, 0) is 6.07 Å². The average Bonchev–Trinajstić information content (AvgIpc) is 2.46. The molecule has 0 spiro atoms. The first-order valence-electron chi connectivity index (χ1n) is 5.40. The van der Waals surface area contributed by atoms with Crippen LogP contribution in [0.2, 0.25) is 5.15 Å². The van der Waals surface area contributed by atoms with Crippen LogP contribution in [0.15, 0.2) is 24.5 Å². The van der Waals surface area contributed by atoms with Crippen LogP contribution in [0, 0.1) is 0 Å². The van der Waals surface area contributed by atoms with Gasteiger partial charge in [0.15, 0.2) is 0 Å². The highest BCUT2D eigenvalue weighted by Crippen LogP contribution is 2.28. The second kappa shape index (κ2) is 5.81. The molecule has 0 aliphatic heterocycles. The Bertz CT molecular complexity index is 563. The maximum atomic E-state index is 10.3. The van der Waals surface area contributed by atoms with Gasteiger partial charge in [-0.25, -0.2) is 9.97 Å². The van der Waals surface area contributed by atoms with E-state index in [0.717, 1.165) is 0 Å². The number of methoxy groups -OCH3 is 2. The molecule has 0 aromatic carbocycles. The molecular formula is C12H12ClN3O3. The topological polar surface area (TPSA) is 77.4 Å². The summed E-state index contributed by atoms with van der Waals surface area (Å²) in [6.07, 6.45) is 1.88. The number of aliphatic hydroxyl groups is 1. The summed E-state index contributed by atoms with van der Waals surface area (Å²) in [6, 6.07) is 3.24. The zero-order valence-corrected chi connectivity index (χ0v) is 11.1. The van der Waals surface area contributed by atoms with E-state index in [1.807, 2.05) is 0 Å². The zero-order valence-electron chi connectivity index (χ0n) is 10.4. The fraction of sp³-hybridized carbons (Fsp3) is 0.250. The maximum absolute atomic E-state index is 10.3. The summed E-state index contributed by atoms with van der Waals surface area (Å²) >= 11 is 5.70. The Morgan fingerprint density at radius 2 is 1.95 bits per heavy atom.